The number of benzene rings is 7. The first-order valence-electron chi connectivity index (χ1n) is 26.4. The van der Waals surface area contributed by atoms with E-state index in [2.05, 4.69) is 241 Å². The summed E-state index contributed by atoms with van der Waals surface area (Å²) in [6, 6.07) is 51.4. The van der Waals surface area contributed by atoms with E-state index in [-0.39, 0.29) is 32.5 Å². The van der Waals surface area contributed by atoms with Crippen LogP contribution in [0.15, 0.2) is 133 Å². The van der Waals surface area contributed by atoms with Crippen molar-refractivity contribution in [2.75, 3.05) is 10.2 Å². The van der Waals surface area contributed by atoms with Gasteiger partial charge in [0.25, 0.3) is 0 Å². The van der Waals surface area contributed by atoms with Crippen molar-refractivity contribution in [2.24, 2.45) is 0 Å². The Morgan fingerprint density at radius 1 is 0.386 bits per heavy atom. The summed E-state index contributed by atoms with van der Waals surface area (Å²) < 4.78 is 0. The van der Waals surface area contributed by atoms with E-state index in [0.29, 0.717) is 0 Å². The molecule has 1 N–H and O–H groups in total. The van der Waals surface area contributed by atoms with Gasteiger partial charge in [0.05, 0.1) is 0 Å². The fourth-order valence-corrected chi connectivity index (χ4v) is 12.9. The molecule has 11 rings (SSSR count). The zero-order valence-corrected chi connectivity index (χ0v) is 44.5. The van der Waals surface area contributed by atoms with E-state index in [1.54, 1.807) is 0 Å². The van der Waals surface area contributed by atoms with Crippen LogP contribution in [0.3, 0.4) is 0 Å². The Bertz CT molecular complexity index is 3170. The van der Waals surface area contributed by atoms with Crippen LogP contribution in [0.2, 0.25) is 0 Å². The van der Waals surface area contributed by atoms with Crippen LogP contribution >= 0.6 is 0 Å². The SMILES string of the molecule is Cc1cc2c(cc1N1c3cc4c(cc3[B]c3c(-c5cc6c(cc5Nc5ccc(-c7ccccc7)cc5)C(C)(C)CCC6(C)C)cc(-c5ccccc5)cc31)C(C)(C)CCC4(C)C)C(C)(C)CCC2(C)C. The molecule has 3 heteroatoms. The highest BCUT2D eigenvalue weighted by atomic mass is 15.2. The molecule has 4 aliphatic rings. The van der Waals surface area contributed by atoms with Crippen molar-refractivity contribution >= 4 is 46.6 Å². The van der Waals surface area contributed by atoms with Gasteiger partial charge in [-0.25, -0.2) is 0 Å². The Morgan fingerprint density at radius 3 is 1.34 bits per heavy atom. The number of nitrogens with zero attached hydrogens (tertiary/aromatic N) is 1. The van der Waals surface area contributed by atoms with E-state index in [4.69, 9.17) is 0 Å². The summed E-state index contributed by atoms with van der Waals surface area (Å²) in [6.07, 6.45) is 7.02. The topological polar surface area (TPSA) is 15.3 Å². The van der Waals surface area contributed by atoms with Gasteiger partial charge in [-0.2, -0.15) is 0 Å². The van der Waals surface area contributed by atoms with Crippen molar-refractivity contribution in [1.82, 2.24) is 0 Å². The molecule has 3 aliphatic carbocycles. The molecule has 2 nitrogen and oxygen atoms in total. The van der Waals surface area contributed by atoms with Crippen LogP contribution in [-0.2, 0) is 32.5 Å². The lowest BCUT2D eigenvalue weighted by molar-refractivity contribution is 0.331. The van der Waals surface area contributed by atoms with Crippen LogP contribution < -0.4 is 21.1 Å². The molecule has 7 aromatic rings. The number of rotatable bonds is 6. The minimum absolute atomic E-state index is 0.0210. The van der Waals surface area contributed by atoms with Crippen molar-refractivity contribution in [3.8, 4) is 33.4 Å². The molecule has 7 aromatic carbocycles. The van der Waals surface area contributed by atoms with Gasteiger partial charge in [-0.05, 0) is 199 Å². The Labute approximate surface area is 421 Å². The monoisotopic (exact) mass is 918 g/mol. The predicted molar refractivity (Wildman–Crippen MR) is 303 cm³/mol. The summed E-state index contributed by atoms with van der Waals surface area (Å²) in [4.78, 5) is 2.70. The van der Waals surface area contributed by atoms with E-state index in [1.165, 1.54) is 126 Å². The molecule has 0 saturated carbocycles. The molecule has 355 valence electrons. The van der Waals surface area contributed by atoms with Crippen molar-refractivity contribution < 1.29 is 0 Å². The molecule has 0 amide bonds. The molecule has 1 aliphatic heterocycles. The molecule has 0 fully saturated rings. The summed E-state index contributed by atoms with van der Waals surface area (Å²) in [5.74, 6) is 0. The molecule has 0 aromatic heterocycles. The van der Waals surface area contributed by atoms with Gasteiger partial charge >= 0.3 is 0 Å². The third kappa shape index (κ3) is 7.77. The Kier molecular flexibility index (Phi) is 10.7. The van der Waals surface area contributed by atoms with Gasteiger partial charge in [-0.1, -0.05) is 173 Å². The number of anilines is 5. The third-order valence-corrected chi connectivity index (χ3v) is 18.0. The van der Waals surface area contributed by atoms with Crippen molar-refractivity contribution in [2.45, 2.75) is 161 Å². The fourth-order valence-electron chi connectivity index (χ4n) is 12.9. The van der Waals surface area contributed by atoms with Crippen molar-refractivity contribution in [3.05, 3.63) is 172 Å². The highest BCUT2D eigenvalue weighted by Gasteiger charge is 2.43. The van der Waals surface area contributed by atoms with Gasteiger partial charge in [-0.3, -0.25) is 0 Å². The van der Waals surface area contributed by atoms with E-state index in [1.807, 2.05) is 0 Å². The molecule has 0 spiro atoms. The highest BCUT2D eigenvalue weighted by Crippen LogP contribution is 2.54. The molecular weight excluding hydrogens is 844 g/mol. The summed E-state index contributed by atoms with van der Waals surface area (Å²) in [5.41, 5.74) is 26.6. The molecule has 70 heavy (non-hydrogen) atoms. The summed E-state index contributed by atoms with van der Waals surface area (Å²) in [5, 5.41) is 4.09. The minimum Gasteiger partial charge on any atom is -0.355 e. The zero-order valence-electron chi connectivity index (χ0n) is 44.5. The average Bonchev–Trinajstić information content (AvgIpc) is 3.33. The van der Waals surface area contributed by atoms with Gasteiger partial charge in [0.1, 0.15) is 0 Å². The predicted octanol–water partition coefficient (Wildman–Crippen LogP) is 17.2. The second-order valence-corrected chi connectivity index (χ2v) is 25.8. The summed E-state index contributed by atoms with van der Waals surface area (Å²) in [6.45, 7) is 32.0. The van der Waals surface area contributed by atoms with Crippen LogP contribution in [-0.4, -0.2) is 7.28 Å². The first-order chi connectivity index (χ1) is 33.0. The van der Waals surface area contributed by atoms with Crippen molar-refractivity contribution in [3.63, 3.8) is 0 Å². The van der Waals surface area contributed by atoms with Gasteiger partial charge in [-0.15, -0.1) is 0 Å². The van der Waals surface area contributed by atoms with Gasteiger partial charge < -0.3 is 10.2 Å². The lowest BCUT2D eigenvalue weighted by Gasteiger charge is -2.46. The van der Waals surface area contributed by atoms with E-state index in [9.17, 15) is 0 Å². The normalized spacial score (nSPS) is 19.4. The van der Waals surface area contributed by atoms with E-state index >= 15 is 0 Å². The van der Waals surface area contributed by atoms with E-state index in [0.717, 1.165) is 24.2 Å². The maximum Gasteiger partial charge on any atom is 0.197 e. The number of hydrogen-bond acceptors (Lipinski definition) is 2. The Hall–Kier alpha value is -5.80. The number of aryl methyl sites for hydroxylation is 1. The first kappa shape index (κ1) is 46.6. The molecule has 0 unspecified atom stereocenters. The highest BCUT2D eigenvalue weighted by molar-refractivity contribution is 6.73. The first-order valence-corrected chi connectivity index (χ1v) is 26.4. The van der Waals surface area contributed by atoms with Crippen LogP contribution in [0.25, 0.3) is 33.4 Å². The van der Waals surface area contributed by atoms with Gasteiger partial charge in [0.15, 0.2) is 7.28 Å². The quantitative estimate of drug-likeness (QED) is 0.167. The lowest BCUT2D eigenvalue weighted by atomic mass is 9.54. The number of hydrogen-bond donors (Lipinski definition) is 1. The largest absolute Gasteiger partial charge is 0.355 e. The zero-order chi connectivity index (χ0) is 49.3. The number of fused-ring (bicyclic) bond motifs is 5. The molecule has 0 bridgehead atoms. The average molecular weight is 918 g/mol. The Morgan fingerprint density at radius 2 is 0.814 bits per heavy atom. The Balaban J connectivity index is 1.21. The second kappa shape index (κ2) is 16.1. The van der Waals surface area contributed by atoms with Crippen LogP contribution in [0.1, 0.15) is 161 Å². The molecular formula is C67H74BN2. The summed E-state index contributed by atoms with van der Waals surface area (Å²) >= 11 is 0. The maximum absolute atomic E-state index is 4.09. The molecule has 1 heterocycles. The van der Waals surface area contributed by atoms with Crippen LogP contribution in [0.4, 0.5) is 28.4 Å². The minimum atomic E-state index is 0.0210. The van der Waals surface area contributed by atoms with Gasteiger partial charge in [0, 0.05) is 34.0 Å². The smallest absolute Gasteiger partial charge is 0.197 e. The maximum atomic E-state index is 4.09. The second-order valence-electron chi connectivity index (χ2n) is 25.8. The van der Waals surface area contributed by atoms with Gasteiger partial charge in [0.2, 0.25) is 0 Å². The standard InChI is InChI=1S/C67H74BN2/c1-42-34-50-54(66(10,11)32-28-62(50,2)3)40-58(42)70-59-41-55-52(64(6,7)30-33-67(55,12)13)38-56(59)68-61-49(35-46(36-60(61)70)44-22-18-15-19-23-44)48-37-51-53(65(8,9)31-29-63(51,4)5)39-57(48)69-47-26-24-45(25-27-47)43-20-16-14-17-21-43/h14-27,34-41,69H,28-33H2,1-13H3. The lowest BCUT2D eigenvalue weighted by Crippen LogP contribution is -2.44. The van der Waals surface area contributed by atoms with Crippen molar-refractivity contribution in [1.29, 1.82) is 0 Å². The van der Waals surface area contributed by atoms with Crippen LogP contribution in [0, 0.1) is 6.92 Å². The molecule has 1 radical (unpaired) electrons. The van der Waals surface area contributed by atoms with E-state index < -0.39 is 0 Å². The molecule has 0 saturated heterocycles. The number of nitrogens with one attached hydrogen (secondary N) is 1. The molecule has 0 atom stereocenters. The fraction of sp³-hybridized carbons (Fsp3) is 0.373. The van der Waals surface area contributed by atoms with Crippen LogP contribution in [0.5, 0.6) is 0 Å². The third-order valence-electron chi connectivity index (χ3n) is 18.0. The summed E-state index contributed by atoms with van der Waals surface area (Å²) in [7, 11) is 2.57.